The zero-order chi connectivity index (χ0) is 32.5. The standard InChI is InChI=1S/C33H34F3N3O5S/c1-44-28-14-6-11-25(17-28)21-38-45(42,43)29-15-7-12-26(19-29)32(41)39-30(18-23-8-3-2-4-9-23)31(40)22-37-20-24-10-5-13-27(16-24)33(34,35)36/h2-17,19,30-31,37-38,40H,18,20-22H2,1H3,(H,39,41). The molecule has 2 atom stereocenters. The first-order chi connectivity index (χ1) is 21.4. The molecule has 238 valence electrons. The van der Waals surface area contributed by atoms with Crippen molar-refractivity contribution in [2.45, 2.75) is 42.7 Å². The zero-order valence-corrected chi connectivity index (χ0v) is 25.2. The molecule has 0 bridgehead atoms. The SMILES string of the molecule is COc1cccc(CNS(=O)(=O)c2cccc(C(=O)NC(Cc3ccccc3)C(O)CNCc3cccc(C(F)(F)F)c3)c2)c1. The minimum Gasteiger partial charge on any atom is -0.497 e. The summed E-state index contributed by atoms with van der Waals surface area (Å²) in [6.45, 7) is 0.0427. The number of rotatable bonds is 14. The molecule has 4 rings (SSSR count). The van der Waals surface area contributed by atoms with Gasteiger partial charge < -0.3 is 20.5 Å². The van der Waals surface area contributed by atoms with E-state index in [0.29, 0.717) is 16.9 Å². The summed E-state index contributed by atoms with van der Waals surface area (Å²) in [7, 11) is -2.46. The lowest BCUT2D eigenvalue weighted by Gasteiger charge is -2.25. The minimum absolute atomic E-state index is 0.00873. The molecular weight excluding hydrogens is 607 g/mol. The third kappa shape index (κ3) is 9.88. The van der Waals surface area contributed by atoms with Crippen LogP contribution in [0.15, 0.2) is 108 Å². The number of carbonyl (C=O) groups excluding carboxylic acids is 1. The maximum Gasteiger partial charge on any atom is 0.416 e. The van der Waals surface area contributed by atoms with Gasteiger partial charge in [-0.3, -0.25) is 4.79 Å². The Morgan fingerprint density at radius 2 is 1.51 bits per heavy atom. The fourth-order valence-corrected chi connectivity index (χ4v) is 5.68. The number of amides is 1. The molecule has 0 saturated heterocycles. The highest BCUT2D eigenvalue weighted by Crippen LogP contribution is 2.29. The van der Waals surface area contributed by atoms with Crippen molar-refractivity contribution in [3.63, 3.8) is 0 Å². The number of ether oxygens (including phenoxy) is 1. The van der Waals surface area contributed by atoms with E-state index in [2.05, 4.69) is 15.4 Å². The Labute approximate surface area is 260 Å². The van der Waals surface area contributed by atoms with Gasteiger partial charge in [0.25, 0.3) is 5.91 Å². The van der Waals surface area contributed by atoms with Crippen LogP contribution in [0.2, 0.25) is 0 Å². The molecule has 4 aromatic carbocycles. The topological polar surface area (TPSA) is 117 Å². The van der Waals surface area contributed by atoms with Crippen LogP contribution in [0.5, 0.6) is 5.75 Å². The number of sulfonamides is 1. The molecule has 12 heteroatoms. The second kappa shape index (κ2) is 15.2. The molecule has 0 radical (unpaired) electrons. The number of aliphatic hydroxyl groups is 1. The van der Waals surface area contributed by atoms with Crippen LogP contribution in [0.3, 0.4) is 0 Å². The Bertz CT molecular complexity index is 1680. The normalized spacial score (nSPS) is 13.2. The number of alkyl halides is 3. The number of hydrogen-bond donors (Lipinski definition) is 4. The van der Waals surface area contributed by atoms with Crippen molar-refractivity contribution in [1.29, 1.82) is 0 Å². The summed E-state index contributed by atoms with van der Waals surface area (Å²) in [6.07, 6.45) is -5.35. The fourth-order valence-electron chi connectivity index (χ4n) is 4.62. The number of methoxy groups -OCH3 is 1. The highest BCUT2D eigenvalue weighted by molar-refractivity contribution is 7.89. The number of aliphatic hydroxyl groups excluding tert-OH is 1. The van der Waals surface area contributed by atoms with E-state index in [1.165, 1.54) is 37.4 Å². The van der Waals surface area contributed by atoms with Gasteiger partial charge in [0.05, 0.1) is 29.7 Å². The van der Waals surface area contributed by atoms with E-state index in [1.54, 1.807) is 30.3 Å². The van der Waals surface area contributed by atoms with Crippen molar-refractivity contribution < 1.29 is 36.2 Å². The van der Waals surface area contributed by atoms with E-state index in [-0.39, 0.29) is 36.5 Å². The minimum atomic E-state index is -4.47. The summed E-state index contributed by atoms with van der Waals surface area (Å²) in [6, 6.07) is 25.7. The van der Waals surface area contributed by atoms with Gasteiger partial charge in [-0.2, -0.15) is 13.2 Å². The van der Waals surface area contributed by atoms with Crippen molar-refractivity contribution >= 4 is 15.9 Å². The second-order valence-corrected chi connectivity index (χ2v) is 12.1. The van der Waals surface area contributed by atoms with Gasteiger partial charge in [-0.1, -0.05) is 66.7 Å². The first-order valence-corrected chi connectivity index (χ1v) is 15.6. The second-order valence-electron chi connectivity index (χ2n) is 10.4. The quantitative estimate of drug-likeness (QED) is 0.159. The highest BCUT2D eigenvalue weighted by Gasteiger charge is 2.30. The first kappa shape index (κ1) is 33.7. The molecule has 4 N–H and O–H groups in total. The molecule has 0 aliphatic heterocycles. The fraction of sp³-hybridized carbons (Fsp3) is 0.242. The molecule has 8 nitrogen and oxygen atoms in total. The molecule has 45 heavy (non-hydrogen) atoms. The molecule has 0 fully saturated rings. The Balaban J connectivity index is 1.44. The molecule has 2 unspecified atom stereocenters. The molecule has 0 heterocycles. The number of halogens is 3. The van der Waals surface area contributed by atoms with Crippen LogP contribution in [0.25, 0.3) is 0 Å². The van der Waals surface area contributed by atoms with Gasteiger partial charge >= 0.3 is 6.18 Å². The predicted molar refractivity (Wildman–Crippen MR) is 164 cm³/mol. The van der Waals surface area contributed by atoms with Crippen LogP contribution in [0, 0.1) is 0 Å². The third-order valence-corrected chi connectivity index (χ3v) is 8.42. The molecule has 0 saturated carbocycles. The van der Waals surface area contributed by atoms with E-state index >= 15 is 0 Å². The third-order valence-electron chi connectivity index (χ3n) is 7.02. The van der Waals surface area contributed by atoms with E-state index in [1.807, 2.05) is 30.3 Å². The summed E-state index contributed by atoms with van der Waals surface area (Å²) in [4.78, 5) is 13.2. The van der Waals surface area contributed by atoms with Crippen LogP contribution in [0.4, 0.5) is 13.2 Å². The lowest BCUT2D eigenvalue weighted by atomic mass is 10.0. The lowest BCUT2D eigenvalue weighted by molar-refractivity contribution is -0.137. The molecule has 4 aromatic rings. The number of nitrogens with one attached hydrogen (secondary N) is 3. The van der Waals surface area contributed by atoms with Crippen molar-refractivity contribution in [3.05, 3.63) is 131 Å². The maximum absolute atomic E-state index is 13.3. The molecule has 0 aliphatic rings. The van der Waals surface area contributed by atoms with Crippen LogP contribution >= 0.6 is 0 Å². The van der Waals surface area contributed by atoms with Crippen molar-refractivity contribution in [2.75, 3.05) is 13.7 Å². The van der Waals surface area contributed by atoms with Crippen molar-refractivity contribution in [2.24, 2.45) is 0 Å². The summed E-state index contributed by atoms with van der Waals surface area (Å²) >= 11 is 0. The Morgan fingerprint density at radius 3 is 2.22 bits per heavy atom. The van der Waals surface area contributed by atoms with Crippen molar-refractivity contribution in [1.82, 2.24) is 15.4 Å². The molecule has 0 aliphatic carbocycles. The summed E-state index contributed by atoms with van der Waals surface area (Å²) in [5, 5.41) is 16.8. The van der Waals surface area contributed by atoms with E-state index in [0.717, 1.165) is 17.7 Å². The van der Waals surface area contributed by atoms with Gasteiger partial charge in [0, 0.05) is 25.2 Å². The van der Waals surface area contributed by atoms with E-state index < -0.39 is 39.8 Å². The van der Waals surface area contributed by atoms with Gasteiger partial charge in [0.2, 0.25) is 10.0 Å². The van der Waals surface area contributed by atoms with Crippen molar-refractivity contribution in [3.8, 4) is 5.75 Å². The predicted octanol–water partition coefficient (Wildman–Crippen LogP) is 4.68. The first-order valence-electron chi connectivity index (χ1n) is 14.1. The van der Waals surface area contributed by atoms with Gasteiger partial charge in [-0.25, -0.2) is 13.1 Å². The van der Waals surface area contributed by atoms with E-state index in [4.69, 9.17) is 4.74 Å². The average Bonchev–Trinajstić information content (AvgIpc) is 3.04. The number of carbonyl (C=O) groups is 1. The molecular formula is C33H34F3N3O5S. The summed E-state index contributed by atoms with van der Waals surface area (Å²) in [5.41, 5.74) is 1.21. The van der Waals surface area contributed by atoms with Gasteiger partial charge in [0.1, 0.15) is 5.75 Å². The van der Waals surface area contributed by atoms with Crippen LogP contribution in [-0.2, 0) is 35.7 Å². The van der Waals surface area contributed by atoms with Crippen LogP contribution in [-0.4, -0.2) is 45.2 Å². The zero-order valence-electron chi connectivity index (χ0n) is 24.4. The smallest absolute Gasteiger partial charge is 0.416 e. The lowest BCUT2D eigenvalue weighted by Crippen LogP contribution is -2.48. The molecule has 1 amide bonds. The average molecular weight is 642 g/mol. The van der Waals surface area contributed by atoms with E-state index in [9.17, 15) is 31.5 Å². The number of benzene rings is 4. The maximum atomic E-state index is 13.3. The summed E-state index contributed by atoms with van der Waals surface area (Å²) in [5.74, 6) is -0.0128. The van der Waals surface area contributed by atoms with Gasteiger partial charge in [-0.15, -0.1) is 0 Å². The monoisotopic (exact) mass is 641 g/mol. The van der Waals surface area contributed by atoms with Crippen LogP contribution in [0.1, 0.15) is 32.6 Å². The summed E-state index contributed by atoms with van der Waals surface area (Å²) < 4.78 is 73.0. The largest absolute Gasteiger partial charge is 0.497 e. The Morgan fingerprint density at radius 1 is 0.844 bits per heavy atom. The molecule has 0 aromatic heterocycles. The number of hydrogen-bond acceptors (Lipinski definition) is 6. The van der Waals surface area contributed by atoms with Gasteiger partial charge in [-0.05, 0) is 59.5 Å². The van der Waals surface area contributed by atoms with Crippen LogP contribution < -0.4 is 20.1 Å². The Hall–Kier alpha value is -4.23. The molecule has 0 spiro atoms. The highest BCUT2D eigenvalue weighted by atomic mass is 32.2. The Kier molecular flexibility index (Phi) is 11.3. The van der Waals surface area contributed by atoms with Gasteiger partial charge in [0.15, 0.2) is 0 Å².